The fraction of sp³-hybridized carbons (Fsp3) is 0.200. The number of hydrogen-bond donors (Lipinski definition) is 1. The number of nitrogens with one attached hydrogen (secondary N) is 1. The molecule has 2 aromatic rings. The topological polar surface area (TPSA) is 40.5 Å². The largest absolute Gasteiger partial charge is 2.00 e. The van der Waals surface area contributed by atoms with E-state index in [4.69, 9.17) is 11.6 Å². The number of likely N-dealkylation sites (tertiary alicyclic amines) is 1. The maximum absolute atomic E-state index is 6.04. The number of nitrogens with zero attached hydrogens (tertiary/aromatic N) is 3. The summed E-state index contributed by atoms with van der Waals surface area (Å²) in [5, 5.41) is 6.13. The van der Waals surface area contributed by atoms with Crippen molar-refractivity contribution in [2.45, 2.75) is 12.8 Å². The minimum Gasteiger partial charge on any atom is -0.303 e. The van der Waals surface area contributed by atoms with Gasteiger partial charge in [0.2, 0.25) is 0 Å². The van der Waals surface area contributed by atoms with Crippen LogP contribution in [-0.4, -0.2) is 35.7 Å². The van der Waals surface area contributed by atoms with E-state index in [-0.39, 0.29) is 17.1 Å². The predicted molar refractivity (Wildman–Crippen MR) is 125 cm³/mol. The second kappa shape index (κ2) is 12.8. The molecule has 3 aliphatic rings. The molecule has 4 nitrogen and oxygen atoms in total. The zero-order valence-electron chi connectivity index (χ0n) is 17.2. The summed E-state index contributed by atoms with van der Waals surface area (Å²) in [4.78, 5) is 6.85. The molecule has 0 bridgehead atoms. The summed E-state index contributed by atoms with van der Waals surface area (Å²) in [5.74, 6) is 2.50. The Labute approximate surface area is 202 Å². The van der Waals surface area contributed by atoms with Crippen molar-refractivity contribution in [2.24, 2.45) is 5.10 Å². The predicted octanol–water partition coefficient (Wildman–Crippen LogP) is 5.18. The molecule has 1 N–H and O–H groups in total. The number of halogens is 1. The Kier molecular flexibility index (Phi) is 10.1. The van der Waals surface area contributed by atoms with Gasteiger partial charge in [0, 0.05) is 41.2 Å². The second-order valence-electron chi connectivity index (χ2n) is 7.34. The van der Waals surface area contributed by atoms with Crippen molar-refractivity contribution >= 4 is 34.4 Å². The Bertz CT molecular complexity index is 826. The number of hydrogen-bond acceptors (Lipinski definition) is 4. The van der Waals surface area contributed by atoms with Gasteiger partial charge in [-0.15, -0.1) is 0 Å². The Hall–Kier alpha value is -1.13. The average Bonchev–Trinajstić information content (AvgIpc) is 3.54. The number of anilines is 1. The quantitative estimate of drug-likeness (QED) is 0.370. The van der Waals surface area contributed by atoms with Gasteiger partial charge in [-0.2, -0.15) is 5.10 Å². The van der Waals surface area contributed by atoms with Crippen LogP contribution in [0.15, 0.2) is 35.6 Å². The average molecular weight is 473 g/mol. The maximum Gasteiger partial charge on any atom is 2.00 e. The van der Waals surface area contributed by atoms with E-state index in [2.05, 4.69) is 39.7 Å². The molecule has 1 aromatic carbocycles. The number of pyridine rings is 1. The fourth-order valence-corrected chi connectivity index (χ4v) is 3.80. The van der Waals surface area contributed by atoms with Crippen molar-refractivity contribution < 1.29 is 17.1 Å². The van der Waals surface area contributed by atoms with E-state index in [0.717, 1.165) is 23.1 Å². The van der Waals surface area contributed by atoms with Crippen LogP contribution in [0.2, 0.25) is 5.02 Å². The number of rotatable bonds is 5. The Morgan fingerprint density at radius 3 is 2.48 bits per heavy atom. The molecule has 158 valence electrons. The van der Waals surface area contributed by atoms with E-state index in [1.807, 2.05) is 62.6 Å². The normalized spacial score (nSPS) is 20.2. The molecule has 0 amide bonds. The van der Waals surface area contributed by atoms with Gasteiger partial charge in [0.15, 0.2) is 0 Å². The van der Waals surface area contributed by atoms with E-state index in [0.29, 0.717) is 5.02 Å². The molecule has 31 heavy (non-hydrogen) atoms. The van der Waals surface area contributed by atoms with Crippen LogP contribution in [0, 0.1) is 63.2 Å². The minimum absolute atomic E-state index is 0. The molecular formula is C25H25ClFeN4+2. The molecule has 0 unspecified atom stereocenters. The molecule has 3 fully saturated rings. The zero-order valence-corrected chi connectivity index (χ0v) is 19.1. The third-order valence-electron chi connectivity index (χ3n) is 5.19. The van der Waals surface area contributed by atoms with Gasteiger partial charge in [-0.3, -0.25) is 10.4 Å². The van der Waals surface area contributed by atoms with Crippen LogP contribution in [0.5, 0.6) is 0 Å². The number of benzene rings is 1. The summed E-state index contributed by atoms with van der Waals surface area (Å²) in [7, 11) is 0. The number of hydrazone groups is 1. The van der Waals surface area contributed by atoms with E-state index < -0.39 is 0 Å². The summed E-state index contributed by atoms with van der Waals surface area (Å²) in [6.07, 6.45) is 22.7. The first-order valence-electron chi connectivity index (χ1n) is 10.3. The van der Waals surface area contributed by atoms with Crippen molar-refractivity contribution in [2.75, 3.05) is 25.1 Å². The molecule has 1 aliphatic heterocycles. The minimum atomic E-state index is 0. The zero-order chi connectivity index (χ0) is 20.6. The van der Waals surface area contributed by atoms with Gasteiger partial charge in [0.05, 0.1) is 11.2 Å². The summed E-state index contributed by atoms with van der Waals surface area (Å²) in [5.41, 5.74) is 4.92. The molecular weight excluding hydrogens is 448 g/mol. The maximum atomic E-state index is 6.04. The molecule has 5 rings (SSSR count). The molecule has 10 radical (unpaired) electrons. The molecule has 0 spiro atoms. The van der Waals surface area contributed by atoms with Gasteiger partial charge in [-0.25, -0.2) is 0 Å². The molecule has 1 saturated heterocycles. The van der Waals surface area contributed by atoms with Gasteiger partial charge in [0.1, 0.15) is 0 Å². The first-order chi connectivity index (χ1) is 14.8. The SMILES string of the molecule is Clc1ccc2c(N/N=C/[C]3[CH][CH][CH][C]3CN3CCCC3)ccnc2c1.[CH]1[CH][CH][CH][CH]1.[Fe+2]. The summed E-state index contributed by atoms with van der Waals surface area (Å²) >= 11 is 6.04. The first-order valence-corrected chi connectivity index (χ1v) is 10.6. The molecule has 2 heterocycles. The number of fused-ring (bicyclic) bond motifs is 1. The van der Waals surface area contributed by atoms with Crippen LogP contribution in [0.25, 0.3) is 10.9 Å². The van der Waals surface area contributed by atoms with Crippen LogP contribution in [0.1, 0.15) is 12.8 Å². The van der Waals surface area contributed by atoms with Crippen molar-refractivity contribution in [3.05, 3.63) is 98.7 Å². The standard InChI is InChI=1S/C20H20ClN4.C5H5.Fe/c21-17-6-7-18-19(8-9-22-20(18)12-17)24-23-13-15-4-3-5-16(15)14-25-10-1-2-11-25;1-2-4-5-3-1;/h3-9,12-13H,1-2,10-11,14H2,(H,22,24);1-5H;/q;;+2/b23-13+;;. The van der Waals surface area contributed by atoms with Gasteiger partial charge in [0.25, 0.3) is 0 Å². The van der Waals surface area contributed by atoms with Gasteiger partial charge >= 0.3 is 17.1 Å². The molecule has 2 aliphatic carbocycles. The van der Waals surface area contributed by atoms with Crippen molar-refractivity contribution in [3.63, 3.8) is 0 Å². The second-order valence-corrected chi connectivity index (χ2v) is 7.78. The van der Waals surface area contributed by atoms with Crippen LogP contribution in [-0.2, 0) is 17.1 Å². The number of aromatic nitrogens is 1. The van der Waals surface area contributed by atoms with Gasteiger partial charge < -0.3 is 4.90 Å². The van der Waals surface area contributed by atoms with Crippen LogP contribution in [0.4, 0.5) is 5.69 Å². The Balaban J connectivity index is 0.000000401. The van der Waals surface area contributed by atoms with Crippen molar-refractivity contribution in [1.29, 1.82) is 0 Å². The smallest absolute Gasteiger partial charge is 0.303 e. The molecule has 0 atom stereocenters. The molecule has 6 heteroatoms. The van der Waals surface area contributed by atoms with Gasteiger partial charge in [-0.05, 0) is 102 Å². The van der Waals surface area contributed by atoms with Crippen LogP contribution in [0.3, 0.4) is 0 Å². The third-order valence-corrected chi connectivity index (χ3v) is 5.42. The van der Waals surface area contributed by atoms with Crippen molar-refractivity contribution in [3.8, 4) is 0 Å². The first kappa shape index (κ1) is 24.5. The van der Waals surface area contributed by atoms with Crippen molar-refractivity contribution in [1.82, 2.24) is 9.88 Å². The van der Waals surface area contributed by atoms with Crippen LogP contribution < -0.4 is 5.43 Å². The van der Waals surface area contributed by atoms with E-state index in [1.54, 1.807) is 6.20 Å². The van der Waals surface area contributed by atoms with Crippen LogP contribution >= 0.6 is 11.6 Å². The van der Waals surface area contributed by atoms with E-state index in [1.165, 1.54) is 37.8 Å². The molecule has 1 aromatic heterocycles. The monoisotopic (exact) mass is 472 g/mol. The van der Waals surface area contributed by atoms with E-state index >= 15 is 0 Å². The van der Waals surface area contributed by atoms with E-state index in [9.17, 15) is 0 Å². The summed E-state index contributed by atoms with van der Waals surface area (Å²) < 4.78 is 0. The molecule has 2 saturated carbocycles. The fourth-order valence-electron chi connectivity index (χ4n) is 3.63. The summed E-state index contributed by atoms with van der Waals surface area (Å²) in [6, 6.07) is 7.61. The Morgan fingerprint density at radius 1 is 1.00 bits per heavy atom. The summed E-state index contributed by atoms with van der Waals surface area (Å²) in [6.45, 7) is 3.40. The third kappa shape index (κ3) is 7.18. The van der Waals surface area contributed by atoms with Gasteiger partial charge in [-0.1, -0.05) is 11.6 Å². The Morgan fingerprint density at radius 2 is 1.74 bits per heavy atom.